The number of allylic oxidation sites excluding steroid dienone is 1. The van der Waals surface area contributed by atoms with E-state index < -0.39 is 0 Å². The van der Waals surface area contributed by atoms with Crippen molar-refractivity contribution in [1.82, 2.24) is 20.1 Å². The summed E-state index contributed by atoms with van der Waals surface area (Å²) in [7, 11) is 0. The van der Waals surface area contributed by atoms with Gasteiger partial charge >= 0.3 is 0 Å². The van der Waals surface area contributed by atoms with Crippen LogP contribution < -0.4 is 5.32 Å². The van der Waals surface area contributed by atoms with Gasteiger partial charge in [0, 0.05) is 6.54 Å². The normalized spacial score (nSPS) is 10.9. The van der Waals surface area contributed by atoms with Crippen molar-refractivity contribution >= 4 is 0 Å². The lowest BCUT2D eigenvalue weighted by Gasteiger charge is -2.04. The van der Waals surface area contributed by atoms with E-state index in [1.54, 1.807) is 6.33 Å². The standard InChI is InChI=1S/C11H20N4/c1-4-5-6-15-9-13-11(14-15)8-12-7-10(2)3/h4,9-10,12H,1,5-8H2,2-3H3. The van der Waals surface area contributed by atoms with Gasteiger partial charge in [0.25, 0.3) is 0 Å². The van der Waals surface area contributed by atoms with Crippen molar-refractivity contribution in [2.45, 2.75) is 33.4 Å². The number of rotatable bonds is 7. The lowest BCUT2D eigenvalue weighted by molar-refractivity contribution is 0.537. The Balaban J connectivity index is 2.29. The van der Waals surface area contributed by atoms with Gasteiger partial charge in [-0.15, -0.1) is 6.58 Å². The van der Waals surface area contributed by atoms with Crippen LogP contribution in [0.5, 0.6) is 0 Å². The Bertz CT molecular complexity index is 291. The van der Waals surface area contributed by atoms with Gasteiger partial charge in [-0.05, 0) is 18.9 Å². The molecule has 0 spiro atoms. The van der Waals surface area contributed by atoms with Crippen molar-refractivity contribution in [3.8, 4) is 0 Å². The Morgan fingerprint density at radius 2 is 2.40 bits per heavy atom. The second-order valence-corrected chi connectivity index (χ2v) is 4.03. The molecule has 1 heterocycles. The Kier molecular flexibility index (Phi) is 5.04. The molecule has 0 saturated carbocycles. The lowest BCUT2D eigenvalue weighted by Crippen LogP contribution is -2.19. The molecule has 0 radical (unpaired) electrons. The number of hydrogen-bond acceptors (Lipinski definition) is 3. The molecule has 0 amide bonds. The Hall–Kier alpha value is -1.16. The van der Waals surface area contributed by atoms with Gasteiger partial charge in [0.05, 0.1) is 6.54 Å². The van der Waals surface area contributed by atoms with Crippen molar-refractivity contribution in [1.29, 1.82) is 0 Å². The largest absolute Gasteiger partial charge is 0.310 e. The number of nitrogens with one attached hydrogen (secondary N) is 1. The first-order valence-electron chi connectivity index (χ1n) is 5.42. The lowest BCUT2D eigenvalue weighted by atomic mass is 10.2. The fourth-order valence-corrected chi connectivity index (χ4v) is 1.22. The van der Waals surface area contributed by atoms with Gasteiger partial charge in [-0.2, -0.15) is 5.10 Å². The summed E-state index contributed by atoms with van der Waals surface area (Å²) >= 11 is 0. The van der Waals surface area contributed by atoms with E-state index in [4.69, 9.17) is 0 Å². The maximum Gasteiger partial charge on any atom is 0.164 e. The smallest absolute Gasteiger partial charge is 0.164 e. The molecule has 0 saturated heterocycles. The van der Waals surface area contributed by atoms with Crippen LogP contribution in [-0.2, 0) is 13.1 Å². The second-order valence-electron chi connectivity index (χ2n) is 4.03. The van der Waals surface area contributed by atoms with Crippen LogP contribution in [0.15, 0.2) is 19.0 Å². The average molecular weight is 208 g/mol. The molecule has 0 aliphatic rings. The van der Waals surface area contributed by atoms with E-state index in [9.17, 15) is 0 Å². The van der Waals surface area contributed by atoms with Gasteiger partial charge in [-0.25, -0.2) is 4.98 Å². The highest BCUT2D eigenvalue weighted by atomic mass is 15.3. The summed E-state index contributed by atoms with van der Waals surface area (Å²) in [6.45, 7) is 10.7. The number of nitrogens with zero attached hydrogens (tertiary/aromatic N) is 3. The van der Waals surface area contributed by atoms with E-state index >= 15 is 0 Å². The monoisotopic (exact) mass is 208 g/mol. The van der Waals surface area contributed by atoms with Crippen molar-refractivity contribution in [3.63, 3.8) is 0 Å². The number of aromatic nitrogens is 3. The first kappa shape index (κ1) is 11.9. The topological polar surface area (TPSA) is 42.7 Å². The van der Waals surface area contributed by atoms with Crippen molar-refractivity contribution in [3.05, 3.63) is 24.8 Å². The molecule has 1 rings (SSSR count). The molecule has 0 bridgehead atoms. The minimum absolute atomic E-state index is 0.660. The molecule has 0 unspecified atom stereocenters. The first-order chi connectivity index (χ1) is 7.22. The molecule has 15 heavy (non-hydrogen) atoms. The third-order valence-electron chi connectivity index (χ3n) is 1.98. The van der Waals surface area contributed by atoms with Crippen molar-refractivity contribution in [2.24, 2.45) is 5.92 Å². The Morgan fingerprint density at radius 1 is 1.60 bits per heavy atom. The maximum absolute atomic E-state index is 4.34. The van der Waals surface area contributed by atoms with Crippen molar-refractivity contribution < 1.29 is 0 Å². The highest BCUT2D eigenvalue weighted by molar-refractivity contribution is 4.81. The first-order valence-corrected chi connectivity index (χ1v) is 5.42. The molecule has 4 heteroatoms. The summed E-state index contributed by atoms with van der Waals surface area (Å²) in [5.74, 6) is 1.52. The third kappa shape index (κ3) is 4.74. The van der Waals surface area contributed by atoms with Crippen LogP contribution in [0.2, 0.25) is 0 Å². The minimum atomic E-state index is 0.660. The molecular weight excluding hydrogens is 188 g/mol. The van der Waals surface area contributed by atoms with Crippen LogP contribution in [0.25, 0.3) is 0 Å². The van der Waals surface area contributed by atoms with Gasteiger partial charge in [0.1, 0.15) is 6.33 Å². The average Bonchev–Trinajstić information content (AvgIpc) is 2.62. The van der Waals surface area contributed by atoms with Crippen LogP contribution in [-0.4, -0.2) is 21.3 Å². The molecule has 0 aliphatic carbocycles. The predicted molar refractivity (Wildman–Crippen MR) is 61.4 cm³/mol. The van der Waals surface area contributed by atoms with Gasteiger partial charge in [-0.1, -0.05) is 19.9 Å². The van der Waals surface area contributed by atoms with Crippen LogP contribution in [0.1, 0.15) is 26.1 Å². The SMILES string of the molecule is C=CCCn1cnc(CNCC(C)C)n1. The highest BCUT2D eigenvalue weighted by Crippen LogP contribution is 1.94. The fourth-order valence-electron chi connectivity index (χ4n) is 1.22. The maximum atomic E-state index is 4.34. The molecule has 1 aromatic rings. The summed E-state index contributed by atoms with van der Waals surface area (Å²) in [6.07, 6.45) is 4.59. The molecule has 0 atom stereocenters. The number of hydrogen-bond donors (Lipinski definition) is 1. The van der Waals surface area contributed by atoms with Gasteiger partial charge in [-0.3, -0.25) is 4.68 Å². The van der Waals surface area contributed by atoms with Gasteiger partial charge in [0.15, 0.2) is 5.82 Å². The molecule has 0 fully saturated rings. The minimum Gasteiger partial charge on any atom is -0.310 e. The van der Waals surface area contributed by atoms with Crippen LogP contribution in [0.4, 0.5) is 0 Å². The van der Waals surface area contributed by atoms with E-state index in [2.05, 4.69) is 35.8 Å². The Morgan fingerprint density at radius 3 is 3.07 bits per heavy atom. The van der Waals surface area contributed by atoms with Gasteiger partial charge < -0.3 is 5.32 Å². The van der Waals surface area contributed by atoms with E-state index in [1.165, 1.54) is 0 Å². The van der Waals surface area contributed by atoms with E-state index in [1.807, 2.05) is 10.8 Å². The zero-order valence-electron chi connectivity index (χ0n) is 9.61. The van der Waals surface area contributed by atoms with E-state index in [0.717, 1.165) is 31.9 Å². The Labute approximate surface area is 91.4 Å². The molecule has 0 aliphatic heterocycles. The predicted octanol–water partition coefficient (Wildman–Crippen LogP) is 1.60. The third-order valence-corrected chi connectivity index (χ3v) is 1.98. The number of aryl methyl sites for hydroxylation is 1. The summed E-state index contributed by atoms with van der Waals surface area (Å²) in [4.78, 5) is 4.22. The molecule has 84 valence electrons. The summed E-state index contributed by atoms with van der Waals surface area (Å²) in [6, 6.07) is 0. The summed E-state index contributed by atoms with van der Waals surface area (Å²) in [5, 5.41) is 7.65. The molecule has 0 aromatic carbocycles. The zero-order chi connectivity index (χ0) is 11.1. The quantitative estimate of drug-likeness (QED) is 0.692. The van der Waals surface area contributed by atoms with E-state index in [0.29, 0.717) is 5.92 Å². The highest BCUT2D eigenvalue weighted by Gasteiger charge is 2.00. The molecular formula is C11H20N4. The second kappa shape index (κ2) is 6.35. The van der Waals surface area contributed by atoms with Crippen LogP contribution in [0, 0.1) is 5.92 Å². The molecule has 1 N–H and O–H groups in total. The summed E-state index contributed by atoms with van der Waals surface area (Å²) < 4.78 is 1.86. The zero-order valence-corrected chi connectivity index (χ0v) is 9.61. The molecule has 4 nitrogen and oxygen atoms in total. The van der Waals surface area contributed by atoms with Crippen LogP contribution >= 0.6 is 0 Å². The van der Waals surface area contributed by atoms with E-state index in [-0.39, 0.29) is 0 Å². The van der Waals surface area contributed by atoms with Gasteiger partial charge in [0.2, 0.25) is 0 Å². The fraction of sp³-hybridized carbons (Fsp3) is 0.636. The van der Waals surface area contributed by atoms with Crippen molar-refractivity contribution in [2.75, 3.05) is 6.54 Å². The molecule has 1 aromatic heterocycles. The van der Waals surface area contributed by atoms with Crippen LogP contribution in [0.3, 0.4) is 0 Å². The summed E-state index contributed by atoms with van der Waals surface area (Å²) in [5.41, 5.74) is 0.